The molecule has 0 aliphatic carbocycles. The lowest BCUT2D eigenvalue weighted by Crippen LogP contribution is -2.29. The van der Waals surface area contributed by atoms with Gasteiger partial charge in [0, 0.05) is 5.69 Å². The number of carbonyl (C=O) groups is 2. The molecule has 32 heavy (non-hydrogen) atoms. The van der Waals surface area contributed by atoms with E-state index < -0.39 is 17.7 Å². The number of aryl methyl sites for hydroxylation is 3. The Kier molecular flexibility index (Phi) is 5.57. The molecule has 1 amide bonds. The summed E-state index contributed by atoms with van der Waals surface area (Å²) < 4.78 is 5.43. The Bertz CT molecular complexity index is 1260. The topological polar surface area (TPSA) is 66.8 Å². The van der Waals surface area contributed by atoms with E-state index in [4.69, 9.17) is 4.74 Å². The fraction of sp³-hybridized carbons (Fsp3) is 0.185. The number of benzene rings is 3. The summed E-state index contributed by atoms with van der Waals surface area (Å²) in [5.74, 6) is -1.21. The van der Waals surface area contributed by atoms with Gasteiger partial charge < -0.3 is 9.84 Å². The summed E-state index contributed by atoms with van der Waals surface area (Å²) in [5.41, 5.74) is 4.64. The molecule has 0 spiro atoms. The fourth-order valence-corrected chi connectivity index (χ4v) is 4.18. The molecule has 3 aromatic carbocycles. The molecule has 1 unspecified atom stereocenters. The van der Waals surface area contributed by atoms with Crippen LogP contribution in [0.3, 0.4) is 0 Å². The Morgan fingerprint density at radius 3 is 2.19 bits per heavy atom. The number of anilines is 1. The van der Waals surface area contributed by atoms with Gasteiger partial charge in [0.2, 0.25) is 0 Å². The van der Waals surface area contributed by atoms with Gasteiger partial charge in [-0.15, -0.1) is 0 Å². The molecule has 0 saturated carbocycles. The van der Waals surface area contributed by atoms with E-state index in [1.54, 1.807) is 18.2 Å². The second kappa shape index (κ2) is 8.35. The highest BCUT2D eigenvalue weighted by atomic mass is 16.5. The second-order valence-electron chi connectivity index (χ2n) is 8.13. The summed E-state index contributed by atoms with van der Waals surface area (Å²) >= 11 is 0. The minimum atomic E-state index is -0.762. The zero-order valence-electron chi connectivity index (χ0n) is 18.5. The van der Waals surface area contributed by atoms with Crippen molar-refractivity contribution in [2.45, 2.75) is 26.8 Å². The summed E-state index contributed by atoms with van der Waals surface area (Å²) in [6.07, 6.45) is 0. The quantitative estimate of drug-likeness (QED) is 0.351. The Morgan fingerprint density at radius 1 is 0.875 bits per heavy atom. The first-order chi connectivity index (χ1) is 15.3. The largest absolute Gasteiger partial charge is 0.507 e. The number of carbonyl (C=O) groups excluding carboxylic acids is 2. The third-order valence-electron chi connectivity index (χ3n) is 5.69. The molecule has 5 heteroatoms. The highest BCUT2D eigenvalue weighted by Crippen LogP contribution is 2.43. The van der Waals surface area contributed by atoms with Crippen LogP contribution in [0.15, 0.2) is 72.3 Å². The van der Waals surface area contributed by atoms with Crippen molar-refractivity contribution in [1.29, 1.82) is 0 Å². The average molecular weight is 428 g/mol. The zero-order chi connectivity index (χ0) is 23.0. The van der Waals surface area contributed by atoms with Crippen LogP contribution < -0.4 is 9.64 Å². The molecule has 4 rings (SSSR count). The number of aliphatic hydroxyl groups excluding tert-OH is 1. The molecule has 5 nitrogen and oxygen atoms in total. The summed E-state index contributed by atoms with van der Waals surface area (Å²) in [7, 11) is 1.50. The van der Waals surface area contributed by atoms with E-state index in [0.717, 1.165) is 22.3 Å². The van der Waals surface area contributed by atoms with Crippen LogP contribution in [0.2, 0.25) is 0 Å². The van der Waals surface area contributed by atoms with Crippen LogP contribution >= 0.6 is 0 Å². The van der Waals surface area contributed by atoms with Gasteiger partial charge in [0.15, 0.2) is 0 Å². The second-order valence-corrected chi connectivity index (χ2v) is 8.13. The molecular weight excluding hydrogens is 402 g/mol. The molecule has 1 N–H and O–H groups in total. The summed E-state index contributed by atoms with van der Waals surface area (Å²) in [6, 6.07) is 19.7. The molecule has 162 valence electrons. The Hall–Kier alpha value is -3.86. The molecule has 0 aromatic heterocycles. The number of hydrogen-bond acceptors (Lipinski definition) is 4. The van der Waals surface area contributed by atoms with Crippen LogP contribution in [0.4, 0.5) is 5.69 Å². The van der Waals surface area contributed by atoms with Crippen LogP contribution in [-0.2, 0) is 9.59 Å². The van der Waals surface area contributed by atoms with E-state index >= 15 is 0 Å². The van der Waals surface area contributed by atoms with E-state index in [2.05, 4.69) is 0 Å². The highest BCUT2D eigenvalue weighted by molar-refractivity contribution is 6.51. The average Bonchev–Trinajstić information content (AvgIpc) is 3.04. The third-order valence-corrected chi connectivity index (χ3v) is 5.69. The Labute approximate surface area is 187 Å². The summed E-state index contributed by atoms with van der Waals surface area (Å²) in [4.78, 5) is 28.0. The minimum absolute atomic E-state index is 0.0472. The van der Waals surface area contributed by atoms with Crippen molar-refractivity contribution in [2.75, 3.05) is 12.0 Å². The van der Waals surface area contributed by atoms with E-state index in [1.165, 1.54) is 12.0 Å². The first-order valence-electron chi connectivity index (χ1n) is 10.4. The van der Waals surface area contributed by atoms with Crippen molar-refractivity contribution in [3.8, 4) is 5.75 Å². The SMILES string of the molecule is COc1ccc(C)cc1/C(O)=C1\C(=O)C(=O)N(c2cccc(C)c2)C1c1cccc(C)c1. The summed E-state index contributed by atoms with van der Waals surface area (Å²) in [6.45, 7) is 5.77. The van der Waals surface area contributed by atoms with Gasteiger partial charge in [0.1, 0.15) is 11.5 Å². The first-order valence-corrected chi connectivity index (χ1v) is 10.4. The van der Waals surface area contributed by atoms with Gasteiger partial charge >= 0.3 is 0 Å². The number of rotatable bonds is 4. The van der Waals surface area contributed by atoms with Crippen molar-refractivity contribution >= 4 is 23.1 Å². The van der Waals surface area contributed by atoms with Gasteiger partial charge in [-0.2, -0.15) is 0 Å². The number of amides is 1. The van der Waals surface area contributed by atoms with Gasteiger partial charge in [-0.05, 0) is 56.2 Å². The number of aliphatic hydroxyl groups is 1. The highest BCUT2D eigenvalue weighted by Gasteiger charge is 2.47. The van der Waals surface area contributed by atoms with Crippen LogP contribution in [0.25, 0.3) is 5.76 Å². The van der Waals surface area contributed by atoms with Crippen molar-refractivity contribution < 1.29 is 19.4 Å². The maximum absolute atomic E-state index is 13.3. The lowest BCUT2D eigenvalue weighted by Gasteiger charge is -2.26. The number of nitrogens with zero attached hydrogens (tertiary/aromatic N) is 1. The van der Waals surface area contributed by atoms with Crippen molar-refractivity contribution in [3.05, 3.63) is 100 Å². The summed E-state index contributed by atoms with van der Waals surface area (Å²) in [5, 5.41) is 11.4. The predicted molar refractivity (Wildman–Crippen MR) is 125 cm³/mol. The predicted octanol–water partition coefficient (Wildman–Crippen LogP) is 5.25. The molecular formula is C27H25NO4. The van der Waals surface area contributed by atoms with Crippen molar-refractivity contribution in [2.24, 2.45) is 0 Å². The standard InChI is InChI=1S/C27H25NO4/c1-16-7-5-9-19(13-16)24-23(25(29)21-15-18(3)11-12-22(21)32-4)26(30)27(31)28(24)20-10-6-8-17(2)14-20/h5-15,24,29H,1-4H3/b25-23+. The molecule has 0 bridgehead atoms. The molecule has 1 atom stereocenters. The molecule has 3 aromatic rings. The number of ether oxygens (including phenoxy) is 1. The Balaban J connectivity index is 2.00. The van der Waals surface area contributed by atoms with Gasteiger partial charge in [-0.1, -0.05) is 53.6 Å². The molecule has 1 aliphatic rings. The van der Waals surface area contributed by atoms with Gasteiger partial charge in [0.25, 0.3) is 11.7 Å². The molecule has 1 aliphatic heterocycles. The van der Waals surface area contributed by atoms with Crippen molar-refractivity contribution in [1.82, 2.24) is 0 Å². The zero-order valence-corrected chi connectivity index (χ0v) is 18.5. The van der Waals surface area contributed by atoms with E-state index in [-0.39, 0.29) is 11.3 Å². The number of Topliss-reactive ketones (excluding diaryl/α,β-unsaturated/α-hetero) is 1. The van der Waals surface area contributed by atoms with E-state index in [9.17, 15) is 14.7 Å². The van der Waals surface area contributed by atoms with Crippen LogP contribution in [-0.4, -0.2) is 23.9 Å². The Morgan fingerprint density at radius 2 is 1.53 bits per heavy atom. The van der Waals surface area contributed by atoms with E-state index in [0.29, 0.717) is 17.0 Å². The normalized spacial score (nSPS) is 17.6. The van der Waals surface area contributed by atoms with E-state index in [1.807, 2.05) is 69.3 Å². The lowest BCUT2D eigenvalue weighted by molar-refractivity contribution is -0.132. The molecule has 1 saturated heterocycles. The minimum Gasteiger partial charge on any atom is -0.507 e. The van der Waals surface area contributed by atoms with Crippen LogP contribution in [0.5, 0.6) is 5.75 Å². The molecule has 1 fully saturated rings. The number of hydrogen-bond donors (Lipinski definition) is 1. The van der Waals surface area contributed by atoms with Gasteiger partial charge in [-0.3, -0.25) is 14.5 Å². The first kappa shape index (κ1) is 21.4. The van der Waals surface area contributed by atoms with Crippen LogP contribution in [0.1, 0.15) is 33.9 Å². The van der Waals surface area contributed by atoms with Crippen LogP contribution in [0, 0.1) is 20.8 Å². The lowest BCUT2D eigenvalue weighted by atomic mass is 9.93. The van der Waals surface area contributed by atoms with Gasteiger partial charge in [0.05, 0.1) is 24.3 Å². The third kappa shape index (κ3) is 3.66. The van der Waals surface area contributed by atoms with Crippen molar-refractivity contribution in [3.63, 3.8) is 0 Å². The monoisotopic (exact) mass is 427 g/mol. The number of ketones is 1. The fourth-order valence-electron chi connectivity index (χ4n) is 4.18. The number of methoxy groups -OCH3 is 1. The smallest absolute Gasteiger partial charge is 0.300 e. The molecule has 0 radical (unpaired) electrons. The molecule has 1 heterocycles. The maximum atomic E-state index is 13.3. The maximum Gasteiger partial charge on any atom is 0.300 e. The van der Waals surface area contributed by atoms with Gasteiger partial charge in [-0.25, -0.2) is 0 Å².